The molecule has 0 aliphatic rings. The number of carbonyl (C=O) groups is 1. The molecule has 7 heteroatoms. The number of aryl methyl sites for hydroxylation is 2. The van der Waals surface area contributed by atoms with Crippen LogP contribution in [0.25, 0.3) is 0 Å². The highest BCUT2D eigenvalue weighted by Crippen LogP contribution is 2.26. The summed E-state index contributed by atoms with van der Waals surface area (Å²) < 4.78 is 31.7. The first-order chi connectivity index (χ1) is 16.1. The molecule has 0 aromatic heterocycles. The normalized spacial score (nSPS) is 12.1. The van der Waals surface area contributed by atoms with Gasteiger partial charge < -0.3 is 10.1 Å². The Kier molecular flexibility index (Phi) is 7.99. The molecule has 0 radical (unpaired) electrons. The summed E-state index contributed by atoms with van der Waals surface area (Å²) in [5.74, 6) is 0.591. The third kappa shape index (κ3) is 6.17. The Morgan fingerprint density at radius 1 is 1.00 bits per heavy atom. The minimum absolute atomic E-state index is 0.122. The summed E-state index contributed by atoms with van der Waals surface area (Å²) in [5.41, 5.74) is 4.86. The predicted octanol–water partition coefficient (Wildman–Crippen LogP) is 5.16. The van der Waals surface area contributed by atoms with Gasteiger partial charge >= 0.3 is 0 Å². The number of anilines is 1. The van der Waals surface area contributed by atoms with E-state index in [0.717, 1.165) is 34.4 Å². The maximum absolute atomic E-state index is 12.9. The van der Waals surface area contributed by atoms with Crippen LogP contribution in [0, 0.1) is 13.8 Å². The number of benzene rings is 3. The van der Waals surface area contributed by atoms with E-state index in [1.165, 1.54) is 10.6 Å². The number of amides is 1. The van der Waals surface area contributed by atoms with Crippen molar-refractivity contribution in [1.29, 1.82) is 0 Å². The molecule has 3 aromatic carbocycles. The Labute approximate surface area is 202 Å². The molecular weight excluding hydrogens is 448 g/mol. The zero-order valence-electron chi connectivity index (χ0n) is 20.3. The largest absolute Gasteiger partial charge is 0.497 e. The van der Waals surface area contributed by atoms with Crippen molar-refractivity contribution in [3.05, 3.63) is 94.5 Å². The highest BCUT2D eigenvalue weighted by atomic mass is 32.2. The summed E-state index contributed by atoms with van der Waals surface area (Å²) in [6.45, 7) is 6.04. The molecule has 1 amide bonds. The van der Waals surface area contributed by atoms with Gasteiger partial charge in [-0.15, -0.1) is 0 Å². The molecule has 0 saturated heterocycles. The highest BCUT2D eigenvalue weighted by molar-refractivity contribution is 7.92. The molecule has 3 aromatic rings. The Morgan fingerprint density at radius 3 is 2.21 bits per heavy atom. The van der Waals surface area contributed by atoms with E-state index < -0.39 is 10.0 Å². The fourth-order valence-corrected chi connectivity index (χ4v) is 4.73. The number of methoxy groups -OCH3 is 1. The van der Waals surface area contributed by atoms with Crippen LogP contribution in [0.4, 0.5) is 5.69 Å². The van der Waals surface area contributed by atoms with Gasteiger partial charge in [0.2, 0.25) is 10.0 Å². The van der Waals surface area contributed by atoms with E-state index in [2.05, 4.69) is 5.32 Å². The van der Waals surface area contributed by atoms with E-state index >= 15 is 0 Å². The lowest BCUT2D eigenvalue weighted by Gasteiger charge is -2.25. The molecule has 6 nitrogen and oxygen atoms in total. The number of rotatable bonds is 9. The second-order valence-electron chi connectivity index (χ2n) is 8.46. The van der Waals surface area contributed by atoms with E-state index in [0.29, 0.717) is 11.3 Å². The van der Waals surface area contributed by atoms with Crippen LogP contribution in [0.2, 0.25) is 0 Å². The van der Waals surface area contributed by atoms with Crippen LogP contribution in [0.15, 0.2) is 66.7 Å². The summed E-state index contributed by atoms with van der Waals surface area (Å²) in [4.78, 5) is 12.9. The number of ether oxygens (including phenoxy) is 1. The topological polar surface area (TPSA) is 75.7 Å². The molecule has 34 heavy (non-hydrogen) atoms. The van der Waals surface area contributed by atoms with Gasteiger partial charge in [0.05, 0.1) is 31.6 Å². The van der Waals surface area contributed by atoms with Gasteiger partial charge in [0.15, 0.2) is 0 Å². The van der Waals surface area contributed by atoms with Crippen molar-refractivity contribution < 1.29 is 17.9 Å². The van der Waals surface area contributed by atoms with Crippen LogP contribution < -0.4 is 14.4 Å². The van der Waals surface area contributed by atoms with Crippen LogP contribution >= 0.6 is 0 Å². The standard InChI is InChI=1S/C27H32N2O4S/c1-6-25(22-13-15-24(33-4)16-14-22)28-27(30)23-11-9-21(10-12-23)18-29(34(5,31)32)26-17-19(2)7-8-20(26)3/h7-17,25H,6,18H2,1-5H3,(H,28,30)/t25-/m1/s1. The van der Waals surface area contributed by atoms with Crippen LogP contribution in [0.1, 0.15) is 52.0 Å². The number of nitrogens with zero attached hydrogens (tertiary/aromatic N) is 1. The maximum atomic E-state index is 12.9. The van der Waals surface area contributed by atoms with Gasteiger partial charge in [-0.2, -0.15) is 0 Å². The van der Waals surface area contributed by atoms with Gasteiger partial charge in [-0.1, -0.05) is 43.3 Å². The molecule has 0 fully saturated rings. The molecule has 0 saturated carbocycles. The monoisotopic (exact) mass is 480 g/mol. The molecule has 0 aliphatic heterocycles. The Balaban J connectivity index is 1.76. The summed E-state index contributed by atoms with van der Waals surface area (Å²) in [6, 6.07) is 20.3. The average Bonchev–Trinajstić information content (AvgIpc) is 2.82. The van der Waals surface area contributed by atoms with Crippen LogP contribution in [0.3, 0.4) is 0 Å². The summed E-state index contributed by atoms with van der Waals surface area (Å²) in [5, 5.41) is 3.07. The first-order valence-electron chi connectivity index (χ1n) is 11.2. The summed E-state index contributed by atoms with van der Waals surface area (Å²) in [6.07, 6.45) is 1.95. The fraction of sp³-hybridized carbons (Fsp3) is 0.296. The molecule has 1 atom stereocenters. The minimum Gasteiger partial charge on any atom is -0.497 e. The van der Waals surface area contributed by atoms with Crippen molar-refractivity contribution in [3.63, 3.8) is 0 Å². The molecule has 3 rings (SSSR count). The second-order valence-corrected chi connectivity index (χ2v) is 10.4. The number of nitrogens with one attached hydrogen (secondary N) is 1. The van der Waals surface area contributed by atoms with Gasteiger partial charge in [0, 0.05) is 5.56 Å². The third-order valence-electron chi connectivity index (χ3n) is 5.81. The highest BCUT2D eigenvalue weighted by Gasteiger charge is 2.20. The van der Waals surface area contributed by atoms with Crippen molar-refractivity contribution >= 4 is 21.6 Å². The predicted molar refractivity (Wildman–Crippen MR) is 137 cm³/mol. The Bertz CT molecular complexity index is 1240. The number of hydrogen-bond donors (Lipinski definition) is 1. The van der Waals surface area contributed by atoms with E-state index in [9.17, 15) is 13.2 Å². The molecule has 0 aliphatic carbocycles. The third-order valence-corrected chi connectivity index (χ3v) is 6.93. The SMILES string of the molecule is CC[C@@H](NC(=O)c1ccc(CN(c2cc(C)ccc2C)S(C)(=O)=O)cc1)c1ccc(OC)cc1. The van der Waals surface area contributed by atoms with E-state index in [1.807, 2.05) is 63.2 Å². The molecule has 0 bridgehead atoms. The van der Waals surface area contributed by atoms with E-state index in [1.54, 1.807) is 31.4 Å². The lowest BCUT2D eigenvalue weighted by atomic mass is 10.0. The van der Waals surface area contributed by atoms with Crippen LogP contribution in [-0.4, -0.2) is 27.7 Å². The van der Waals surface area contributed by atoms with Crippen molar-refractivity contribution in [2.75, 3.05) is 17.7 Å². The summed E-state index contributed by atoms with van der Waals surface area (Å²) >= 11 is 0. The molecular formula is C27H32N2O4S. The van der Waals surface area contributed by atoms with Crippen molar-refractivity contribution in [3.8, 4) is 5.75 Å². The molecule has 180 valence electrons. The van der Waals surface area contributed by atoms with Gasteiger partial charge in [-0.3, -0.25) is 9.10 Å². The van der Waals surface area contributed by atoms with Crippen LogP contribution in [-0.2, 0) is 16.6 Å². The van der Waals surface area contributed by atoms with Crippen LogP contribution in [0.5, 0.6) is 5.75 Å². The minimum atomic E-state index is -3.49. The van der Waals surface area contributed by atoms with E-state index in [-0.39, 0.29) is 18.5 Å². The van der Waals surface area contributed by atoms with Gasteiger partial charge in [0.1, 0.15) is 5.75 Å². The number of carbonyl (C=O) groups excluding carboxylic acids is 1. The summed E-state index contributed by atoms with van der Waals surface area (Å²) in [7, 11) is -1.87. The van der Waals surface area contributed by atoms with Gasteiger partial charge in [0.25, 0.3) is 5.91 Å². The number of sulfonamides is 1. The lowest BCUT2D eigenvalue weighted by Crippen LogP contribution is -2.30. The lowest BCUT2D eigenvalue weighted by molar-refractivity contribution is 0.0935. The quantitative estimate of drug-likeness (QED) is 0.459. The zero-order chi connectivity index (χ0) is 24.9. The average molecular weight is 481 g/mol. The molecule has 1 N–H and O–H groups in total. The Morgan fingerprint density at radius 2 is 1.65 bits per heavy atom. The Hall–Kier alpha value is -3.32. The van der Waals surface area contributed by atoms with Gasteiger partial charge in [-0.05, 0) is 72.9 Å². The maximum Gasteiger partial charge on any atom is 0.251 e. The van der Waals surface area contributed by atoms with Gasteiger partial charge in [-0.25, -0.2) is 8.42 Å². The van der Waals surface area contributed by atoms with Crippen molar-refractivity contribution in [1.82, 2.24) is 5.32 Å². The first kappa shape index (κ1) is 25.3. The smallest absolute Gasteiger partial charge is 0.251 e. The number of hydrogen-bond acceptors (Lipinski definition) is 4. The molecule has 0 heterocycles. The molecule has 0 spiro atoms. The molecule has 0 unspecified atom stereocenters. The van der Waals surface area contributed by atoms with Crippen molar-refractivity contribution in [2.45, 2.75) is 39.8 Å². The first-order valence-corrected chi connectivity index (χ1v) is 13.1. The van der Waals surface area contributed by atoms with E-state index in [4.69, 9.17) is 4.74 Å². The second kappa shape index (κ2) is 10.7. The van der Waals surface area contributed by atoms with Crippen molar-refractivity contribution in [2.24, 2.45) is 0 Å². The fourth-order valence-electron chi connectivity index (χ4n) is 3.80. The zero-order valence-corrected chi connectivity index (χ0v) is 21.1.